The molecule has 1 aromatic heterocycles. The summed E-state index contributed by atoms with van der Waals surface area (Å²) in [5, 5.41) is 33.5. The molecule has 2 aromatic carbocycles. The van der Waals surface area contributed by atoms with Gasteiger partial charge in [-0.1, -0.05) is 17.3 Å². The zero-order valence-electron chi connectivity index (χ0n) is 23.1. The Kier molecular flexibility index (Phi) is 6.54. The smallest absolute Gasteiger partial charge is 0.251 e. The molecule has 2 heterocycles. The third-order valence-corrected chi connectivity index (χ3v) is 8.71. The predicted octanol–water partition coefficient (Wildman–Crippen LogP) is 1.11. The first-order valence-corrected chi connectivity index (χ1v) is 13.7. The summed E-state index contributed by atoms with van der Waals surface area (Å²) in [5.41, 5.74) is 3.45. The van der Waals surface area contributed by atoms with Crippen molar-refractivity contribution in [3.8, 4) is 17.2 Å². The molecule has 3 aromatic rings. The lowest BCUT2D eigenvalue weighted by Gasteiger charge is -2.32. The molecule has 0 spiro atoms. The second kappa shape index (κ2) is 10.1. The minimum Gasteiger partial charge on any atom is -0.355 e. The van der Waals surface area contributed by atoms with Crippen molar-refractivity contribution in [2.45, 2.75) is 49.7 Å². The zero-order chi connectivity index (χ0) is 28.9. The summed E-state index contributed by atoms with van der Waals surface area (Å²) in [4.78, 5) is 40.0. The number of piperidine rings is 1. The lowest BCUT2D eigenvalue weighted by Crippen LogP contribution is -2.46. The number of benzene rings is 2. The minimum absolute atomic E-state index is 0.0697. The summed E-state index contributed by atoms with van der Waals surface area (Å²) in [6.45, 7) is 2.10. The second-order valence-corrected chi connectivity index (χ2v) is 11.1. The summed E-state index contributed by atoms with van der Waals surface area (Å²) >= 11 is 0. The van der Waals surface area contributed by atoms with Gasteiger partial charge in [0.15, 0.2) is 5.82 Å². The van der Waals surface area contributed by atoms with Gasteiger partial charge < -0.3 is 20.9 Å². The minimum atomic E-state index is -0.875. The van der Waals surface area contributed by atoms with E-state index in [0.29, 0.717) is 29.3 Å². The number of hydrogen-bond acceptors (Lipinski definition) is 8. The number of tetrazole rings is 1. The van der Waals surface area contributed by atoms with Gasteiger partial charge in [0.25, 0.3) is 11.8 Å². The van der Waals surface area contributed by atoms with Crippen LogP contribution in [0.3, 0.4) is 0 Å². The van der Waals surface area contributed by atoms with Gasteiger partial charge in [-0.3, -0.25) is 14.4 Å². The van der Waals surface area contributed by atoms with E-state index in [1.165, 1.54) is 0 Å². The highest BCUT2D eigenvalue weighted by Gasteiger charge is 2.54. The molecular weight excluding hydrogens is 522 g/mol. The van der Waals surface area contributed by atoms with Gasteiger partial charge in [0.2, 0.25) is 5.91 Å². The normalized spacial score (nSPS) is 21.7. The van der Waals surface area contributed by atoms with Crippen molar-refractivity contribution in [1.29, 1.82) is 5.26 Å². The van der Waals surface area contributed by atoms with E-state index in [0.717, 1.165) is 35.1 Å². The number of carbonyl (C=O) groups is 3. The van der Waals surface area contributed by atoms with Gasteiger partial charge in [-0.25, -0.2) is 0 Å². The Balaban J connectivity index is 1.38. The fourth-order valence-electron chi connectivity index (χ4n) is 6.70. The van der Waals surface area contributed by atoms with E-state index in [4.69, 9.17) is 0 Å². The highest BCUT2D eigenvalue weighted by Crippen LogP contribution is 2.54. The largest absolute Gasteiger partial charge is 0.355 e. The van der Waals surface area contributed by atoms with E-state index in [-0.39, 0.29) is 42.4 Å². The molecule has 0 radical (unpaired) electrons. The quantitative estimate of drug-likeness (QED) is 0.322. The molecule has 1 saturated carbocycles. The number of aromatic amines is 1. The van der Waals surface area contributed by atoms with Crippen LogP contribution in [0.2, 0.25) is 0 Å². The van der Waals surface area contributed by atoms with Crippen molar-refractivity contribution in [3.05, 3.63) is 64.5 Å². The molecule has 4 N–H and O–H groups in total. The molecule has 6 rings (SSSR count). The maximum Gasteiger partial charge on any atom is 0.251 e. The highest BCUT2D eigenvalue weighted by molar-refractivity contribution is 5.99. The van der Waals surface area contributed by atoms with Crippen LogP contribution < -0.4 is 16.0 Å². The van der Waals surface area contributed by atoms with Gasteiger partial charge in [0, 0.05) is 37.3 Å². The van der Waals surface area contributed by atoms with Gasteiger partial charge in [-0.15, -0.1) is 10.2 Å². The summed E-state index contributed by atoms with van der Waals surface area (Å²) in [6, 6.07) is 12.9. The van der Waals surface area contributed by atoms with E-state index >= 15 is 0 Å². The first-order chi connectivity index (χ1) is 19.8. The molecule has 210 valence electrons. The van der Waals surface area contributed by atoms with Gasteiger partial charge in [0.05, 0.1) is 18.0 Å². The Morgan fingerprint density at radius 1 is 1.07 bits per heavy atom. The van der Waals surface area contributed by atoms with Crippen LogP contribution in [0.4, 0.5) is 0 Å². The Bertz CT molecular complexity index is 1510. The molecule has 12 nitrogen and oxygen atoms in total. The number of rotatable bonds is 8. The summed E-state index contributed by atoms with van der Waals surface area (Å²) in [7, 11) is 3.16. The van der Waals surface area contributed by atoms with Crippen LogP contribution in [0.25, 0.3) is 11.1 Å². The van der Waals surface area contributed by atoms with Crippen LogP contribution in [0.15, 0.2) is 36.4 Å². The molecule has 2 aliphatic carbocycles. The number of likely N-dealkylation sites (tertiary alicyclic amines) is 1. The van der Waals surface area contributed by atoms with Crippen LogP contribution in [0, 0.1) is 17.2 Å². The van der Waals surface area contributed by atoms with E-state index in [2.05, 4.69) is 42.6 Å². The average Bonchev–Trinajstić information content (AvgIpc) is 3.33. The molecule has 1 saturated heterocycles. The highest BCUT2D eigenvalue weighted by atomic mass is 16.2. The van der Waals surface area contributed by atoms with Crippen LogP contribution in [0.5, 0.6) is 0 Å². The third-order valence-electron chi connectivity index (χ3n) is 8.71. The molecule has 3 aliphatic rings. The van der Waals surface area contributed by atoms with Crippen LogP contribution in [-0.2, 0) is 10.2 Å². The number of nitrogens with zero attached hydrogens (tertiary/aromatic N) is 5. The average molecular weight is 554 g/mol. The van der Waals surface area contributed by atoms with Gasteiger partial charge in [-0.05, 0) is 78.6 Å². The number of nitriles is 1. The maximum absolute atomic E-state index is 13.2. The van der Waals surface area contributed by atoms with Crippen molar-refractivity contribution in [2.75, 3.05) is 20.6 Å². The van der Waals surface area contributed by atoms with Crippen molar-refractivity contribution in [2.24, 2.45) is 5.92 Å². The first kappa shape index (κ1) is 26.6. The Morgan fingerprint density at radius 3 is 2.24 bits per heavy atom. The number of amides is 3. The Morgan fingerprint density at radius 2 is 1.71 bits per heavy atom. The molecule has 2 fully saturated rings. The standard InChI is InChI=1S/C29H31N9O3/c1-15(33-14-25(39)38-19(13-30)8-18-11-24(18)38)12-29(28-34-36-37-35-28)22-6-4-16(26(40)31-2)9-20(22)21-10-17(27(41)32-3)5-7-23(21)29/h4-7,9-10,15,18-19,24,33H,8,11-12,14H2,1-3H3,(H,31,40)(H,32,41)(H,34,35,36,37)/t15-,18-,19?,24+/m1/s1. The van der Waals surface area contributed by atoms with Crippen LogP contribution >= 0.6 is 0 Å². The SMILES string of the molecule is CNC(=O)c1ccc2c(c1)-c1cc(C(=O)NC)ccc1C2(C[C@@H](C)NCC(=O)N1C(C#N)C[C@@H]2C[C@@H]21)c1nn[nH]n1. The lowest BCUT2D eigenvalue weighted by molar-refractivity contribution is -0.131. The molecular formula is C29H31N9O3. The number of H-pyrrole nitrogens is 1. The fraction of sp³-hybridized carbons (Fsp3) is 0.414. The van der Waals surface area contributed by atoms with Gasteiger partial charge in [-0.2, -0.15) is 10.5 Å². The van der Waals surface area contributed by atoms with E-state index in [1.807, 2.05) is 31.2 Å². The molecule has 4 atom stereocenters. The molecule has 0 bridgehead atoms. The van der Waals surface area contributed by atoms with E-state index in [9.17, 15) is 19.6 Å². The zero-order valence-corrected chi connectivity index (χ0v) is 23.1. The Labute approximate surface area is 236 Å². The Hall–Kier alpha value is -4.63. The summed E-state index contributed by atoms with van der Waals surface area (Å²) in [5.74, 6) is 0.381. The van der Waals surface area contributed by atoms with E-state index in [1.54, 1.807) is 31.1 Å². The number of aromatic nitrogens is 4. The molecule has 3 amide bonds. The number of nitrogens with one attached hydrogen (secondary N) is 4. The topological polar surface area (TPSA) is 169 Å². The molecule has 12 heteroatoms. The van der Waals surface area contributed by atoms with E-state index < -0.39 is 5.41 Å². The van der Waals surface area contributed by atoms with Gasteiger partial charge >= 0.3 is 0 Å². The third kappa shape index (κ3) is 4.24. The van der Waals surface area contributed by atoms with Crippen molar-refractivity contribution in [1.82, 2.24) is 41.5 Å². The summed E-state index contributed by atoms with van der Waals surface area (Å²) in [6.07, 6.45) is 2.20. The summed E-state index contributed by atoms with van der Waals surface area (Å²) < 4.78 is 0. The number of carbonyl (C=O) groups excluding carboxylic acids is 3. The van der Waals surface area contributed by atoms with Crippen molar-refractivity contribution >= 4 is 17.7 Å². The van der Waals surface area contributed by atoms with Crippen LogP contribution in [-0.4, -0.2) is 82.0 Å². The van der Waals surface area contributed by atoms with Crippen molar-refractivity contribution in [3.63, 3.8) is 0 Å². The predicted molar refractivity (Wildman–Crippen MR) is 148 cm³/mol. The first-order valence-electron chi connectivity index (χ1n) is 13.7. The fourth-order valence-corrected chi connectivity index (χ4v) is 6.70. The van der Waals surface area contributed by atoms with Crippen molar-refractivity contribution < 1.29 is 14.4 Å². The molecule has 41 heavy (non-hydrogen) atoms. The molecule has 1 unspecified atom stereocenters. The maximum atomic E-state index is 13.2. The monoisotopic (exact) mass is 553 g/mol. The van der Waals surface area contributed by atoms with Gasteiger partial charge in [0.1, 0.15) is 6.04 Å². The number of hydrogen-bond donors (Lipinski definition) is 4. The second-order valence-electron chi connectivity index (χ2n) is 11.1. The lowest BCUT2D eigenvalue weighted by atomic mass is 9.72. The molecule has 1 aliphatic heterocycles. The van der Waals surface area contributed by atoms with Crippen LogP contribution in [0.1, 0.15) is 63.9 Å². The number of fused-ring (bicyclic) bond motifs is 4.